The molecule has 2 N–H and O–H groups in total. The van der Waals surface area contributed by atoms with Crippen molar-refractivity contribution >= 4 is 39.2 Å². The first-order valence-electron chi connectivity index (χ1n) is 9.32. The first-order chi connectivity index (χ1) is 14.1. The highest BCUT2D eigenvalue weighted by Crippen LogP contribution is 2.31. The van der Waals surface area contributed by atoms with Gasteiger partial charge in [-0.3, -0.25) is 9.59 Å². The number of benzene rings is 2. The molecule has 5 rings (SSSR count). The predicted octanol–water partition coefficient (Wildman–Crippen LogP) is 4.27. The topological polar surface area (TPSA) is 78.1 Å². The molecule has 6 nitrogen and oxygen atoms in total. The lowest BCUT2D eigenvalue weighted by atomic mass is 10.00. The summed E-state index contributed by atoms with van der Waals surface area (Å²) in [6.45, 7) is 2.17. The second-order valence-electron chi connectivity index (χ2n) is 7.09. The number of fused-ring (bicyclic) bond motifs is 2. The second kappa shape index (κ2) is 6.86. The van der Waals surface area contributed by atoms with Crippen LogP contribution in [0.2, 0.25) is 0 Å². The molecule has 0 aliphatic carbocycles. The zero-order chi connectivity index (χ0) is 20.0. The van der Waals surface area contributed by atoms with E-state index >= 15 is 0 Å². The van der Waals surface area contributed by atoms with Crippen LogP contribution < -0.4 is 5.32 Å². The summed E-state index contributed by atoms with van der Waals surface area (Å²) in [7, 11) is 0. The molecule has 0 bridgehead atoms. The molecule has 0 fully saturated rings. The number of hydrogen-bond acceptors (Lipinski definition) is 4. The minimum atomic E-state index is -0.586. The van der Waals surface area contributed by atoms with Gasteiger partial charge in [-0.2, -0.15) is 0 Å². The first kappa shape index (κ1) is 17.6. The molecule has 2 aromatic carbocycles. The number of aromatic amines is 1. The number of nitrogens with one attached hydrogen (secondary N) is 2. The third-order valence-electron chi connectivity index (χ3n) is 5.34. The number of hydrogen-bond donors (Lipinski definition) is 2. The molecule has 0 saturated heterocycles. The number of anilines is 1. The summed E-state index contributed by atoms with van der Waals surface area (Å²) in [5.41, 5.74) is 4.68. The number of rotatable bonds is 4. The number of aromatic nitrogens is 2. The van der Waals surface area contributed by atoms with E-state index in [2.05, 4.69) is 33.5 Å². The molecule has 0 spiro atoms. The SMILES string of the molecule is C[C@H](C(=O)Nc1nccs1)N1Cc2ccc(-c3ccc4cc[nH]c4c3)cc2C1=O. The molecule has 2 aromatic heterocycles. The minimum absolute atomic E-state index is 0.121. The summed E-state index contributed by atoms with van der Waals surface area (Å²) < 4.78 is 0. The van der Waals surface area contributed by atoms with Crippen molar-refractivity contribution in [3.05, 3.63) is 71.4 Å². The molecule has 0 saturated carbocycles. The Balaban J connectivity index is 1.40. The summed E-state index contributed by atoms with van der Waals surface area (Å²) in [4.78, 5) is 34.5. The number of carbonyl (C=O) groups is 2. The Morgan fingerprint density at radius 1 is 1.21 bits per heavy atom. The van der Waals surface area contributed by atoms with Gasteiger partial charge in [0.15, 0.2) is 5.13 Å². The molecule has 1 atom stereocenters. The van der Waals surface area contributed by atoms with Crippen LogP contribution in [-0.4, -0.2) is 32.7 Å². The molecular formula is C22H18N4O2S. The molecule has 1 aliphatic heterocycles. The number of amides is 2. The van der Waals surface area contributed by atoms with E-state index in [1.54, 1.807) is 23.4 Å². The predicted molar refractivity (Wildman–Crippen MR) is 114 cm³/mol. The molecular weight excluding hydrogens is 384 g/mol. The standard InChI is InChI=1S/C22H18N4O2S/c1-13(20(27)25-22-24-8-9-29-22)26-12-17-5-4-15(10-18(17)21(26)28)16-3-2-14-6-7-23-19(14)11-16/h2-11,13,23H,12H2,1H3,(H,24,25,27)/t13-/m1/s1. The van der Waals surface area contributed by atoms with Crippen molar-refractivity contribution in [2.45, 2.75) is 19.5 Å². The van der Waals surface area contributed by atoms with Crippen LogP contribution in [-0.2, 0) is 11.3 Å². The van der Waals surface area contributed by atoms with E-state index in [1.807, 2.05) is 30.5 Å². The van der Waals surface area contributed by atoms with Gasteiger partial charge in [0.25, 0.3) is 5.91 Å². The van der Waals surface area contributed by atoms with Crippen molar-refractivity contribution in [3.8, 4) is 11.1 Å². The van der Waals surface area contributed by atoms with E-state index in [-0.39, 0.29) is 11.8 Å². The molecule has 4 aromatic rings. The smallest absolute Gasteiger partial charge is 0.255 e. The van der Waals surface area contributed by atoms with Crippen molar-refractivity contribution in [2.75, 3.05) is 5.32 Å². The Morgan fingerprint density at radius 2 is 2.03 bits per heavy atom. The molecule has 7 heteroatoms. The van der Waals surface area contributed by atoms with Gasteiger partial charge in [0.05, 0.1) is 0 Å². The number of H-pyrrole nitrogens is 1. The molecule has 3 heterocycles. The Kier molecular flexibility index (Phi) is 4.17. The fraction of sp³-hybridized carbons (Fsp3) is 0.136. The lowest BCUT2D eigenvalue weighted by molar-refractivity contribution is -0.120. The van der Waals surface area contributed by atoms with E-state index in [4.69, 9.17) is 0 Å². The molecule has 1 aliphatic rings. The average Bonchev–Trinajstić information content (AvgIpc) is 3.47. The Bertz CT molecular complexity index is 1230. The van der Waals surface area contributed by atoms with Crippen LogP contribution in [0.4, 0.5) is 5.13 Å². The third-order valence-corrected chi connectivity index (χ3v) is 6.03. The van der Waals surface area contributed by atoms with Gasteiger partial charge in [0, 0.05) is 35.4 Å². The van der Waals surface area contributed by atoms with Crippen LogP contribution in [0.3, 0.4) is 0 Å². The lowest BCUT2D eigenvalue weighted by Crippen LogP contribution is -2.42. The van der Waals surface area contributed by atoms with Gasteiger partial charge in [0.2, 0.25) is 5.91 Å². The van der Waals surface area contributed by atoms with Gasteiger partial charge in [-0.1, -0.05) is 24.3 Å². The van der Waals surface area contributed by atoms with E-state index in [9.17, 15) is 9.59 Å². The van der Waals surface area contributed by atoms with Crippen molar-refractivity contribution in [3.63, 3.8) is 0 Å². The lowest BCUT2D eigenvalue weighted by Gasteiger charge is -2.22. The van der Waals surface area contributed by atoms with Crippen LogP contribution in [0.5, 0.6) is 0 Å². The van der Waals surface area contributed by atoms with Crippen LogP contribution in [0.25, 0.3) is 22.0 Å². The summed E-state index contributed by atoms with van der Waals surface area (Å²) in [5, 5.41) is 6.25. The highest BCUT2D eigenvalue weighted by Gasteiger charge is 2.34. The van der Waals surface area contributed by atoms with Crippen LogP contribution >= 0.6 is 11.3 Å². The zero-order valence-electron chi connectivity index (χ0n) is 15.7. The second-order valence-corrected chi connectivity index (χ2v) is 7.98. The van der Waals surface area contributed by atoms with E-state index in [0.717, 1.165) is 27.6 Å². The fourth-order valence-corrected chi connectivity index (χ4v) is 4.21. The molecule has 144 valence electrons. The van der Waals surface area contributed by atoms with Gasteiger partial charge >= 0.3 is 0 Å². The Morgan fingerprint density at radius 3 is 2.86 bits per heavy atom. The van der Waals surface area contributed by atoms with Crippen molar-refractivity contribution in [2.24, 2.45) is 0 Å². The molecule has 29 heavy (non-hydrogen) atoms. The first-order valence-corrected chi connectivity index (χ1v) is 10.2. The molecule has 0 unspecified atom stereocenters. The third kappa shape index (κ3) is 3.09. The largest absolute Gasteiger partial charge is 0.361 e. The van der Waals surface area contributed by atoms with E-state index in [0.29, 0.717) is 17.2 Å². The van der Waals surface area contributed by atoms with E-state index < -0.39 is 6.04 Å². The quantitative estimate of drug-likeness (QED) is 0.535. The van der Waals surface area contributed by atoms with Gasteiger partial charge in [-0.05, 0) is 47.2 Å². The highest BCUT2D eigenvalue weighted by molar-refractivity contribution is 7.13. The Hall–Kier alpha value is -3.45. The number of carbonyl (C=O) groups excluding carboxylic acids is 2. The van der Waals surface area contributed by atoms with Crippen molar-refractivity contribution in [1.29, 1.82) is 0 Å². The summed E-state index contributed by atoms with van der Waals surface area (Å²) in [6, 6.07) is 13.6. The summed E-state index contributed by atoms with van der Waals surface area (Å²) >= 11 is 1.35. The Labute approximate surface area is 171 Å². The maximum Gasteiger partial charge on any atom is 0.255 e. The molecule has 2 amide bonds. The van der Waals surface area contributed by atoms with E-state index in [1.165, 1.54) is 11.3 Å². The molecule has 0 radical (unpaired) electrons. The normalized spacial score (nSPS) is 14.2. The maximum absolute atomic E-state index is 13.0. The van der Waals surface area contributed by atoms with Gasteiger partial charge in [-0.25, -0.2) is 4.98 Å². The average molecular weight is 402 g/mol. The van der Waals surface area contributed by atoms with Crippen molar-refractivity contribution in [1.82, 2.24) is 14.9 Å². The van der Waals surface area contributed by atoms with Crippen molar-refractivity contribution < 1.29 is 9.59 Å². The summed E-state index contributed by atoms with van der Waals surface area (Å²) in [5.74, 6) is -0.358. The van der Waals surface area contributed by atoms with Gasteiger partial charge < -0.3 is 15.2 Å². The number of thiazole rings is 1. The number of nitrogens with zero attached hydrogens (tertiary/aromatic N) is 2. The zero-order valence-corrected chi connectivity index (χ0v) is 16.5. The highest BCUT2D eigenvalue weighted by atomic mass is 32.1. The summed E-state index contributed by atoms with van der Waals surface area (Å²) in [6.07, 6.45) is 3.55. The maximum atomic E-state index is 13.0. The van der Waals surface area contributed by atoms with Gasteiger partial charge in [-0.15, -0.1) is 11.3 Å². The minimum Gasteiger partial charge on any atom is -0.361 e. The fourth-order valence-electron chi connectivity index (χ4n) is 3.68. The van der Waals surface area contributed by atoms with Crippen LogP contribution in [0, 0.1) is 0 Å². The van der Waals surface area contributed by atoms with Gasteiger partial charge in [0.1, 0.15) is 6.04 Å². The van der Waals surface area contributed by atoms with Crippen LogP contribution in [0.15, 0.2) is 60.2 Å². The van der Waals surface area contributed by atoms with Crippen LogP contribution in [0.1, 0.15) is 22.8 Å². The monoisotopic (exact) mass is 402 g/mol.